The van der Waals surface area contributed by atoms with Gasteiger partial charge in [0.05, 0.1) is 12.6 Å². The molecule has 1 aromatic rings. The van der Waals surface area contributed by atoms with Crippen LogP contribution in [-0.4, -0.2) is 23.7 Å². The average Bonchev–Trinajstić information content (AvgIpc) is 2.26. The molecular formula is C12H17FN2O2. The van der Waals surface area contributed by atoms with Crippen LogP contribution in [0.4, 0.5) is 4.39 Å². The van der Waals surface area contributed by atoms with Crippen LogP contribution in [0.15, 0.2) is 18.2 Å². The number of carbonyl (C=O) groups excluding carboxylic acids is 1. The van der Waals surface area contributed by atoms with E-state index in [9.17, 15) is 9.18 Å². The molecule has 0 aliphatic rings. The zero-order chi connectivity index (χ0) is 13.0. The van der Waals surface area contributed by atoms with Crippen molar-refractivity contribution in [3.05, 3.63) is 35.1 Å². The van der Waals surface area contributed by atoms with Crippen LogP contribution in [0, 0.1) is 12.7 Å². The number of rotatable bonds is 4. The second-order valence-electron chi connectivity index (χ2n) is 4.08. The topological polar surface area (TPSA) is 75.4 Å². The summed E-state index contributed by atoms with van der Waals surface area (Å²) < 4.78 is 13.2. The van der Waals surface area contributed by atoms with Crippen LogP contribution in [0.25, 0.3) is 0 Å². The number of benzene rings is 1. The van der Waals surface area contributed by atoms with Crippen LogP contribution >= 0.6 is 0 Å². The number of aliphatic hydroxyl groups excluding tert-OH is 1. The molecule has 0 saturated heterocycles. The Bertz CT molecular complexity index is 389. The third-order valence-corrected chi connectivity index (χ3v) is 2.46. The molecule has 0 aliphatic carbocycles. The lowest BCUT2D eigenvalue weighted by atomic mass is 10.1. The Hall–Kier alpha value is -1.46. The molecular weight excluding hydrogens is 223 g/mol. The molecule has 0 unspecified atom stereocenters. The number of amides is 1. The Balaban J connectivity index is 2.76. The van der Waals surface area contributed by atoms with Gasteiger partial charge in [0, 0.05) is 0 Å². The van der Waals surface area contributed by atoms with Crippen molar-refractivity contribution < 1.29 is 14.3 Å². The Morgan fingerprint density at radius 3 is 2.71 bits per heavy atom. The molecule has 0 aliphatic heterocycles. The summed E-state index contributed by atoms with van der Waals surface area (Å²) in [5.74, 6) is -0.797. The summed E-state index contributed by atoms with van der Waals surface area (Å²) >= 11 is 0. The van der Waals surface area contributed by atoms with Crippen LogP contribution in [-0.2, 0) is 4.79 Å². The van der Waals surface area contributed by atoms with Crippen molar-refractivity contribution in [3.8, 4) is 0 Å². The van der Waals surface area contributed by atoms with Crippen LogP contribution in [0.5, 0.6) is 0 Å². The minimum absolute atomic E-state index is 0.340. The molecule has 17 heavy (non-hydrogen) atoms. The molecule has 4 nitrogen and oxygen atoms in total. The first kappa shape index (κ1) is 13.6. The van der Waals surface area contributed by atoms with Gasteiger partial charge in [-0.2, -0.15) is 0 Å². The van der Waals surface area contributed by atoms with Crippen LogP contribution in [0.1, 0.15) is 24.1 Å². The van der Waals surface area contributed by atoms with Gasteiger partial charge in [-0.25, -0.2) is 4.39 Å². The van der Waals surface area contributed by atoms with Crippen molar-refractivity contribution >= 4 is 5.91 Å². The molecule has 0 radical (unpaired) electrons. The maximum absolute atomic E-state index is 13.2. The van der Waals surface area contributed by atoms with Crippen molar-refractivity contribution in [1.82, 2.24) is 5.32 Å². The highest BCUT2D eigenvalue weighted by atomic mass is 19.1. The van der Waals surface area contributed by atoms with Gasteiger partial charge in [0.1, 0.15) is 11.9 Å². The summed E-state index contributed by atoms with van der Waals surface area (Å²) in [4.78, 5) is 11.4. The van der Waals surface area contributed by atoms with Gasteiger partial charge in [-0.1, -0.05) is 6.07 Å². The predicted octanol–water partition coefficient (Wildman–Crippen LogP) is 0.631. The second-order valence-corrected chi connectivity index (χ2v) is 4.08. The molecule has 1 amide bonds. The van der Waals surface area contributed by atoms with Gasteiger partial charge >= 0.3 is 0 Å². The van der Waals surface area contributed by atoms with Gasteiger partial charge in [-0.05, 0) is 37.1 Å². The van der Waals surface area contributed by atoms with Gasteiger partial charge in [0.25, 0.3) is 0 Å². The fraction of sp³-hybridized carbons (Fsp3) is 0.417. The van der Waals surface area contributed by atoms with Crippen LogP contribution in [0.2, 0.25) is 0 Å². The zero-order valence-electron chi connectivity index (χ0n) is 9.90. The molecule has 1 aromatic carbocycles. The number of hydrogen-bond acceptors (Lipinski definition) is 3. The lowest BCUT2D eigenvalue weighted by molar-refractivity contribution is -0.123. The normalized spacial score (nSPS) is 14.2. The van der Waals surface area contributed by atoms with Gasteiger partial charge in [0.2, 0.25) is 5.91 Å². The Morgan fingerprint density at radius 2 is 2.18 bits per heavy atom. The monoisotopic (exact) mass is 240 g/mol. The third-order valence-electron chi connectivity index (χ3n) is 2.46. The fourth-order valence-electron chi connectivity index (χ4n) is 1.50. The molecule has 4 N–H and O–H groups in total. The lowest BCUT2D eigenvalue weighted by Gasteiger charge is -2.17. The van der Waals surface area contributed by atoms with E-state index in [4.69, 9.17) is 10.8 Å². The molecule has 0 bridgehead atoms. The second kappa shape index (κ2) is 5.75. The molecule has 0 saturated carbocycles. The Morgan fingerprint density at radius 1 is 1.53 bits per heavy atom. The molecule has 0 heterocycles. The third kappa shape index (κ3) is 3.80. The van der Waals surface area contributed by atoms with E-state index in [1.54, 1.807) is 19.9 Å². The van der Waals surface area contributed by atoms with Crippen molar-refractivity contribution in [2.45, 2.75) is 25.9 Å². The SMILES string of the molecule is Cc1cc(F)cc([C@@H](C)NC(=O)[C@H](N)CO)c1. The number of hydrogen-bond donors (Lipinski definition) is 3. The quantitative estimate of drug-likeness (QED) is 0.722. The summed E-state index contributed by atoms with van der Waals surface area (Å²) in [6.45, 7) is 3.09. The molecule has 1 rings (SSSR count). The van der Waals surface area contributed by atoms with Crippen molar-refractivity contribution in [1.29, 1.82) is 0 Å². The number of nitrogens with one attached hydrogen (secondary N) is 1. The average molecular weight is 240 g/mol. The van der Waals surface area contributed by atoms with E-state index in [1.165, 1.54) is 12.1 Å². The number of carbonyl (C=O) groups is 1. The van der Waals surface area contributed by atoms with E-state index >= 15 is 0 Å². The maximum Gasteiger partial charge on any atom is 0.239 e. The molecule has 0 fully saturated rings. The minimum atomic E-state index is -0.952. The minimum Gasteiger partial charge on any atom is -0.394 e. The largest absolute Gasteiger partial charge is 0.394 e. The standard InChI is InChI=1S/C12H17FN2O2/c1-7-3-9(5-10(13)4-7)8(2)15-12(17)11(14)6-16/h3-5,8,11,16H,6,14H2,1-2H3,(H,15,17)/t8-,11-/m1/s1. The highest BCUT2D eigenvalue weighted by molar-refractivity contribution is 5.81. The number of aliphatic hydroxyl groups is 1. The number of halogens is 1. The van der Waals surface area contributed by atoms with Crippen molar-refractivity contribution in [3.63, 3.8) is 0 Å². The summed E-state index contributed by atoms with van der Waals surface area (Å²) in [5.41, 5.74) is 6.82. The number of nitrogens with two attached hydrogens (primary N) is 1. The lowest BCUT2D eigenvalue weighted by Crippen LogP contribution is -2.43. The van der Waals surface area contributed by atoms with E-state index in [2.05, 4.69) is 5.32 Å². The van der Waals surface area contributed by atoms with E-state index in [0.717, 1.165) is 5.56 Å². The van der Waals surface area contributed by atoms with E-state index < -0.39 is 18.6 Å². The maximum atomic E-state index is 13.2. The smallest absolute Gasteiger partial charge is 0.239 e. The van der Waals surface area contributed by atoms with Crippen LogP contribution in [0.3, 0.4) is 0 Å². The van der Waals surface area contributed by atoms with E-state index in [0.29, 0.717) is 5.56 Å². The van der Waals surface area contributed by atoms with E-state index in [1.807, 2.05) is 0 Å². The van der Waals surface area contributed by atoms with Gasteiger partial charge < -0.3 is 16.2 Å². The zero-order valence-corrected chi connectivity index (χ0v) is 9.90. The Kier molecular flexibility index (Phi) is 4.60. The van der Waals surface area contributed by atoms with Gasteiger partial charge in [-0.15, -0.1) is 0 Å². The fourth-order valence-corrected chi connectivity index (χ4v) is 1.50. The summed E-state index contributed by atoms with van der Waals surface area (Å²) in [6.07, 6.45) is 0. The molecule has 94 valence electrons. The molecule has 5 heteroatoms. The summed E-state index contributed by atoms with van der Waals surface area (Å²) in [7, 11) is 0. The Labute approximate surface area is 99.6 Å². The predicted molar refractivity (Wildman–Crippen MR) is 62.8 cm³/mol. The summed E-state index contributed by atoms with van der Waals surface area (Å²) in [5, 5.41) is 11.3. The first-order chi connectivity index (χ1) is 7.93. The van der Waals surface area contributed by atoms with Crippen molar-refractivity contribution in [2.75, 3.05) is 6.61 Å². The van der Waals surface area contributed by atoms with E-state index in [-0.39, 0.29) is 11.9 Å². The van der Waals surface area contributed by atoms with Crippen LogP contribution < -0.4 is 11.1 Å². The first-order valence-electron chi connectivity index (χ1n) is 5.38. The molecule has 2 atom stereocenters. The first-order valence-corrected chi connectivity index (χ1v) is 5.38. The number of aryl methyl sites for hydroxylation is 1. The van der Waals surface area contributed by atoms with Gasteiger partial charge in [0.15, 0.2) is 0 Å². The highest BCUT2D eigenvalue weighted by Crippen LogP contribution is 2.16. The molecule has 0 spiro atoms. The molecule has 0 aromatic heterocycles. The summed E-state index contributed by atoms with van der Waals surface area (Å²) in [6, 6.07) is 3.26. The van der Waals surface area contributed by atoms with Gasteiger partial charge in [-0.3, -0.25) is 4.79 Å². The van der Waals surface area contributed by atoms with Crippen molar-refractivity contribution in [2.24, 2.45) is 5.73 Å². The highest BCUT2D eigenvalue weighted by Gasteiger charge is 2.16.